The van der Waals surface area contributed by atoms with E-state index >= 15 is 0 Å². The molecule has 25 heavy (non-hydrogen) atoms. The second-order valence-electron chi connectivity index (χ2n) is 5.93. The van der Waals surface area contributed by atoms with Crippen molar-refractivity contribution in [3.8, 4) is 0 Å². The van der Waals surface area contributed by atoms with Gasteiger partial charge in [0.1, 0.15) is 17.3 Å². The first-order valence-corrected chi connectivity index (χ1v) is 7.95. The van der Waals surface area contributed by atoms with E-state index in [1.165, 1.54) is 18.0 Å². The van der Waals surface area contributed by atoms with Crippen LogP contribution >= 0.6 is 0 Å². The first-order valence-electron chi connectivity index (χ1n) is 7.95. The lowest BCUT2D eigenvalue weighted by Gasteiger charge is -2.13. The summed E-state index contributed by atoms with van der Waals surface area (Å²) in [6.45, 7) is 6.01. The number of rotatable bonds is 5. The lowest BCUT2D eigenvalue weighted by Crippen LogP contribution is -2.14. The van der Waals surface area contributed by atoms with Crippen molar-refractivity contribution in [3.05, 3.63) is 59.7 Å². The number of nitrogens with one attached hydrogen (secondary N) is 2. The van der Waals surface area contributed by atoms with Crippen LogP contribution in [0.1, 0.15) is 41.6 Å². The van der Waals surface area contributed by atoms with E-state index in [0.29, 0.717) is 23.3 Å². The van der Waals surface area contributed by atoms with Crippen molar-refractivity contribution in [2.24, 2.45) is 0 Å². The monoisotopic (exact) mass is 337 g/mol. The molecule has 0 bridgehead atoms. The fourth-order valence-corrected chi connectivity index (χ4v) is 2.37. The number of carbonyl (C=O) groups excluding carboxylic acids is 1. The molecule has 2 N–H and O–H groups in total. The number of nitrogens with zero attached hydrogens (tertiary/aromatic N) is 3. The maximum absolute atomic E-state index is 12.1. The standard InChI is InChI=1S/C18H19N5O2/c1-11(2)13-6-4-5-7-14(13)21-17-10-19-15(9-20-17)18(24)22-16-8-12(3)25-23-16/h4-11H,1-3H3,(H,20,21)(H,22,23,24). The normalized spacial score (nSPS) is 10.7. The highest BCUT2D eigenvalue weighted by atomic mass is 16.5. The third-order valence-corrected chi connectivity index (χ3v) is 3.60. The minimum Gasteiger partial charge on any atom is -0.360 e. The number of amides is 1. The van der Waals surface area contributed by atoms with E-state index < -0.39 is 5.91 Å². The van der Waals surface area contributed by atoms with Crippen molar-refractivity contribution in [1.29, 1.82) is 0 Å². The van der Waals surface area contributed by atoms with Crippen LogP contribution < -0.4 is 10.6 Å². The molecular formula is C18H19N5O2. The number of aryl methyl sites for hydroxylation is 1. The predicted octanol–water partition coefficient (Wildman–Crippen LogP) is 3.89. The Bertz CT molecular complexity index is 871. The number of hydrogen-bond acceptors (Lipinski definition) is 6. The van der Waals surface area contributed by atoms with Gasteiger partial charge in [0.15, 0.2) is 5.82 Å². The van der Waals surface area contributed by atoms with Crippen molar-refractivity contribution in [2.45, 2.75) is 26.7 Å². The van der Waals surface area contributed by atoms with Gasteiger partial charge in [0.25, 0.3) is 5.91 Å². The summed E-state index contributed by atoms with van der Waals surface area (Å²) in [5.74, 6) is 1.52. The zero-order valence-electron chi connectivity index (χ0n) is 14.3. The topological polar surface area (TPSA) is 92.9 Å². The molecule has 2 heterocycles. The molecule has 0 fully saturated rings. The zero-order valence-corrected chi connectivity index (χ0v) is 14.3. The molecule has 128 valence electrons. The van der Waals surface area contributed by atoms with Crippen LogP contribution in [0.2, 0.25) is 0 Å². The van der Waals surface area contributed by atoms with E-state index in [9.17, 15) is 4.79 Å². The highest BCUT2D eigenvalue weighted by Crippen LogP contribution is 2.25. The van der Waals surface area contributed by atoms with Crippen LogP contribution in [0.15, 0.2) is 47.2 Å². The molecule has 0 aliphatic carbocycles. The molecule has 0 radical (unpaired) electrons. The summed E-state index contributed by atoms with van der Waals surface area (Å²) in [5.41, 5.74) is 2.36. The second-order valence-corrected chi connectivity index (χ2v) is 5.93. The fourth-order valence-electron chi connectivity index (χ4n) is 2.37. The predicted molar refractivity (Wildman–Crippen MR) is 95.0 cm³/mol. The molecule has 7 heteroatoms. The van der Waals surface area contributed by atoms with Gasteiger partial charge in [0.05, 0.1) is 12.4 Å². The van der Waals surface area contributed by atoms with E-state index in [-0.39, 0.29) is 5.69 Å². The Balaban J connectivity index is 1.71. The van der Waals surface area contributed by atoms with Crippen LogP contribution in [-0.2, 0) is 0 Å². The third-order valence-electron chi connectivity index (χ3n) is 3.60. The van der Waals surface area contributed by atoms with Gasteiger partial charge >= 0.3 is 0 Å². The highest BCUT2D eigenvalue weighted by molar-refractivity contribution is 6.02. The van der Waals surface area contributed by atoms with Gasteiger partial charge in [-0.1, -0.05) is 37.2 Å². The molecule has 0 saturated heterocycles. The molecule has 0 aliphatic heterocycles. The van der Waals surface area contributed by atoms with E-state index in [4.69, 9.17) is 4.52 Å². The van der Waals surface area contributed by atoms with Crippen molar-refractivity contribution in [1.82, 2.24) is 15.1 Å². The number of benzene rings is 1. The van der Waals surface area contributed by atoms with Crippen LogP contribution in [0, 0.1) is 6.92 Å². The molecule has 0 aliphatic rings. The SMILES string of the molecule is Cc1cc(NC(=O)c2cnc(Nc3ccccc3C(C)C)cn2)no1. The summed E-state index contributed by atoms with van der Waals surface area (Å²) in [6.07, 6.45) is 2.95. The van der Waals surface area contributed by atoms with Gasteiger partial charge in [-0.15, -0.1) is 0 Å². The van der Waals surface area contributed by atoms with Crippen molar-refractivity contribution >= 4 is 23.2 Å². The minimum absolute atomic E-state index is 0.198. The molecule has 1 amide bonds. The van der Waals surface area contributed by atoms with Gasteiger partial charge < -0.3 is 15.2 Å². The largest absolute Gasteiger partial charge is 0.360 e. The number of aromatic nitrogens is 3. The first kappa shape index (κ1) is 16.6. The fraction of sp³-hybridized carbons (Fsp3) is 0.222. The lowest BCUT2D eigenvalue weighted by atomic mass is 10.0. The average molecular weight is 337 g/mol. The summed E-state index contributed by atoms with van der Waals surface area (Å²) in [4.78, 5) is 20.5. The average Bonchev–Trinajstić information content (AvgIpc) is 3.00. The Labute approximate surface area is 145 Å². The van der Waals surface area contributed by atoms with Gasteiger partial charge in [-0.05, 0) is 24.5 Å². The van der Waals surface area contributed by atoms with E-state index in [2.05, 4.69) is 45.7 Å². The Morgan fingerprint density at radius 3 is 2.56 bits per heavy atom. The summed E-state index contributed by atoms with van der Waals surface area (Å²) >= 11 is 0. The zero-order chi connectivity index (χ0) is 17.8. The molecule has 0 unspecified atom stereocenters. The van der Waals surface area contributed by atoms with Crippen LogP contribution in [-0.4, -0.2) is 21.0 Å². The summed E-state index contributed by atoms with van der Waals surface area (Å²) < 4.78 is 4.91. The minimum atomic E-state index is -0.394. The first-order chi connectivity index (χ1) is 12.0. The summed E-state index contributed by atoms with van der Waals surface area (Å²) in [5, 5.41) is 9.56. The van der Waals surface area contributed by atoms with E-state index in [0.717, 1.165) is 5.69 Å². The molecule has 0 atom stereocenters. The Morgan fingerprint density at radius 1 is 1.12 bits per heavy atom. The lowest BCUT2D eigenvalue weighted by molar-refractivity contribution is 0.102. The Morgan fingerprint density at radius 2 is 1.92 bits per heavy atom. The number of para-hydroxylation sites is 1. The third kappa shape index (κ3) is 4.00. The second kappa shape index (κ2) is 7.12. The van der Waals surface area contributed by atoms with E-state index in [1.807, 2.05) is 18.2 Å². The summed E-state index contributed by atoms with van der Waals surface area (Å²) in [7, 11) is 0. The van der Waals surface area contributed by atoms with Gasteiger partial charge in [0, 0.05) is 11.8 Å². The molecule has 7 nitrogen and oxygen atoms in total. The molecule has 3 aromatic rings. The van der Waals surface area contributed by atoms with Gasteiger partial charge in [-0.2, -0.15) is 0 Å². The van der Waals surface area contributed by atoms with Crippen molar-refractivity contribution in [3.63, 3.8) is 0 Å². The number of carbonyl (C=O) groups is 1. The maximum Gasteiger partial charge on any atom is 0.277 e. The van der Waals surface area contributed by atoms with E-state index in [1.54, 1.807) is 13.0 Å². The van der Waals surface area contributed by atoms with Crippen LogP contribution in [0.5, 0.6) is 0 Å². The highest BCUT2D eigenvalue weighted by Gasteiger charge is 2.12. The smallest absolute Gasteiger partial charge is 0.277 e. The molecule has 2 aromatic heterocycles. The summed E-state index contributed by atoms with van der Waals surface area (Å²) in [6, 6.07) is 9.66. The Kier molecular flexibility index (Phi) is 4.74. The van der Waals surface area contributed by atoms with Crippen molar-refractivity contribution < 1.29 is 9.32 Å². The number of anilines is 3. The Hall–Kier alpha value is -3.22. The van der Waals surface area contributed by atoms with Crippen LogP contribution in [0.25, 0.3) is 0 Å². The molecular weight excluding hydrogens is 318 g/mol. The quantitative estimate of drug-likeness (QED) is 0.733. The van der Waals surface area contributed by atoms with Crippen LogP contribution in [0.4, 0.5) is 17.3 Å². The van der Waals surface area contributed by atoms with Crippen molar-refractivity contribution in [2.75, 3.05) is 10.6 Å². The maximum atomic E-state index is 12.1. The number of hydrogen-bond donors (Lipinski definition) is 2. The van der Waals surface area contributed by atoms with Gasteiger partial charge in [0.2, 0.25) is 0 Å². The molecule has 0 spiro atoms. The molecule has 3 rings (SSSR count). The molecule has 0 saturated carbocycles. The molecule has 1 aromatic carbocycles. The van der Waals surface area contributed by atoms with Gasteiger partial charge in [-0.3, -0.25) is 4.79 Å². The van der Waals surface area contributed by atoms with Gasteiger partial charge in [-0.25, -0.2) is 9.97 Å². The van der Waals surface area contributed by atoms with Crippen LogP contribution in [0.3, 0.4) is 0 Å².